The minimum absolute atomic E-state index is 0.0386. The highest BCUT2D eigenvalue weighted by molar-refractivity contribution is 7.85. The van der Waals surface area contributed by atoms with Crippen LogP contribution in [0.3, 0.4) is 0 Å². The molecule has 0 amide bonds. The van der Waals surface area contributed by atoms with Crippen LogP contribution in [0.2, 0.25) is 0 Å². The van der Waals surface area contributed by atoms with Crippen molar-refractivity contribution in [2.24, 2.45) is 0 Å². The Morgan fingerprint density at radius 2 is 1.59 bits per heavy atom. The molecular formula is C23H31F3N2O9S2. The normalized spacial score (nSPS) is 19.8. The van der Waals surface area contributed by atoms with Gasteiger partial charge in [-0.15, -0.1) is 13.2 Å². The van der Waals surface area contributed by atoms with Gasteiger partial charge in [-0.1, -0.05) is 30.3 Å². The number of hydrogen-bond donors (Lipinski definition) is 3. The minimum Gasteiger partial charge on any atom is -0.490 e. The highest BCUT2D eigenvalue weighted by atomic mass is 32.2. The summed E-state index contributed by atoms with van der Waals surface area (Å²) in [6.07, 6.45) is -3.51. The van der Waals surface area contributed by atoms with E-state index in [9.17, 15) is 30.0 Å². The monoisotopic (exact) mass is 600 g/mol. The molecule has 2 heterocycles. The Balaban J connectivity index is 0.000000458. The molecule has 4 rings (SSSR count). The molecule has 1 saturated heterocycles. The molecule has 16 heteroatoms. The first-order chi connectivity index (χ1) is 18.0. The van der Waals surface area contributed by atoms with Gasteiger partial charge in [0.15, 0.2) is 0 Å². The van der Waals surface area contributed by atoms with E-state index >= 15 is 0 Å². The van der Waals surface area contributed by atoms with Crippen molar-refractivity contribution in [1.82, 2.24) is 10.2 Å². The lowest BCUT2D eigenvalue weighted by Crippen LogP contribution is -2.51. The number of hydrogen-bond acceptors (Lipinski definition) is 9. The van der Waals surface area contributed by atoms with E-state index in [2.05, 4.69) is 21.0 Å². The molecule has 3 N–H and O–H groups in total. The Morgan fingerprint density at radius 3 is 2.18 bits per heavy atom. The Bertz CT molecular complexity index is 1220. The van der Waals surface area contributed by atoms with Crippen LogP contribution in [0.15, 0.2) is 48.5 Å². The van der Waals surface area contributed by atoms with Gasteiger partial charge in [-0.25, -0.2) is 0 Å². The molecule has 1 fully saturated rings. The lowest BCUT2D eigenvalue weighted by Gasteiger charge is -2.42. The topological polar surface area (TPSA) is 152 Å². The molecule has 39 heavy (non-hydrogen) atoms. The summed E-state index contributed by atoms with van der Waals surface area (Å²) in [7, 11) is -7.33. The number of halogens is 3. The van der Waals surface area contributed by atoms with Gasteiger partial charge in [-0.3, -0.25) is 14.0 Å². The SMILES string of the molecule is CS(=O)(=O)O.CS(=O)(=O)O.FC(F)(F)Oc1cccc(CO[C@@H]2COc3ccccc3[C@H]2N2CCNCC2)c1. The zero-order chi connectivity index (χ0) is 29.3. The maximum atomic E-state index is 12.5. The average molecular weight is 601 g/mol. The number of alkyl halides is 3. The van der Waals surface area contributed by atoms with Gasteiger partial charge in [0.25, 0.3) is 20.2 Å². The van der Waals surface area contributed by atoms with Crippen LogP contribution in [0.5, 0.6) is 11.5 Å². The van der Waals surface area contributed by atoms with Crippen LogP contribution < -0.4 is 14.8 Å². The molecular weight excluding hydrogens is 569 g/mol. The summed E-state index contributed by atoms with van der Waals surface area (Å²) in [5.41, 5.74) is 1.70. The largest absolute Gasteiger partial charge is 0.573 e. The second kappa shape index (κ2) is 14.2. The Hall–Kier alpha value is -2.47. The second-order valence-corrected chi connectivity index (χ2v) is 11.5. The van der Waals surface area contributed by atoms with Gasteiger partial charge >= 0.3 is 6.36 Å². The molecule has 220 valence electrons. The van der Waals surface area contributed by atoms with Crippen molar-refractivity contribution in [3.8, 4) is 11.5 Å². The van der Waals surface area contributed by atoms with Crippen LogP contribution in [0.25, 0.3) is 0 Å². The minimum atomic E-state index is -4.71. The Kier molecular flexibility index (Phi) is 12.0. The van der Waals surface area contributed by atoms with Gasteiger partial charge in [-0.05, 0) is 23.8 Å². The fourth-order valence-electron chi connectivity index (χ4n) is 3.89. The maximum absolute atomic E-state index is 12.5. The van der Waals surface area contributed by atoms with E-state index in [1.807, 2.05) is 18.2 Å². The van der Waals surface area contributed by atoms with Crippen LogP contribution in [-0.4, -0.2) is 88.6 Å². The van der Waals surface area contributed by atoms with Crippen molar-refractivity contribution in [2.75, 3.05) is 45.3 Å². The summed E-state index contributed by atoms with van der Waals surface area (Å²) >= 11 is 0. The predicted octanol–water partition coefficient (Wildman–Crippen LogP) is 2.52. The first-order valence-electron chi connectivity index (χ1n) is 11.5. The quantitative estimate of drug-likeness (QED) is 0.434. The van der Waals surface area contributed by atoms with Crippen molar-refractivity contribution in [3.63, 3.8) is 0 Å². The molecule has 0 radical (unpaired) electrons. The molecule has 0 aliphatic carbocycles. The van der Waals surface area contributed by atoms with Crippen molar-refractivity contribution >= 4 is 20.2 Å². The standard InChI is InChI=1S/C21H23F3N2O3.2CH4O3S/c22-21(23,24)29-16-5-3-4-15(12-16)13-27-19-14-28-18-7-2-1-6-17(18)20(19)26-10-8-25-9-11-26;2*1-5(2,3)4/h1-7,12,19-20,25H,8-11,13-14H2;2*1H3,(H,2,3,4)/t19-,20-;;/m1../s1. The van der Waals surface area contributed by atoms with Crippen LogP contribution >= 0.6 is 0 Å². The molecule has 2 aliphatic rings. The fourth-order valence-corrected chi connectivity index (χ4v) is 3.89. The van der Waals surface area contributed by atoms with Crippen LogP contribution in [-0.2, 0) is 31.6 Å². The van der Waals surface area contributed by atoms with E-state index in [4.69, 9.17) is 18.6 Å². The third kappa shape index (κ3) is 13.9. The van der Waals surface area contributed by atoms with Gasteiger partial charge in [-0.2, -0.15) is 16.8 Å². The van der Waals surface area contributed by atoms with Crippen molar-refractivity contribution < 1.29 is 53.3 Å². The summed E-state index contributed by atoms with van der Waals surface area (Å²) in [4.78, 5) is 2.38. The van der Waals surface area contributed by atoms with Crippen LogP contribution in [0.4, 0.5) is 13.2 Å². The smallest absolute Gasteiger partial charge is 0.490 e. The number of ether oxygens (including phenoxy) is 3. The molecule has 2 aliphatic heterocycles. The number of piperazine rings is 1. The fraction of sp³-hybridized carbons (Fsp3) is 0.478. The molecule has 0 spiro atoms. The van der Waals surface area contributed by atoms with Crippen molar-refractivity contribution in [2.45, 2.75) is 25.1 Å². The number of benzene rings is 2. The van der Waals surface area contributed by atoms with E-state index in [0.717, 1.165) is 37.5 Å². The zero-order valence-electron chi connectivity index (χ0n) is 21.2. The zero-order valence-corrected chi connectivity index (χ0v) is 22.8. The number of rotatable bonds is 5. The number of para-hydroxylation sites is 1. The number of nitrogens with one attached hydrogen (secondary N) is 1. The van der Waals surface area contributed by atoms with Gasteiger partial charge < -0.3 is 19.5 Å². The Labute approximate surface area is 225 Å². The molecule has 2 aromatic rings. The molecule has 0 aromatic heterocycles. The summed E-state index contributed by atoms with van der Waals surface area (Å²) in [6.45, 7) is 4.17. The van der Waals surface area contributed by atoms with Gasteiger partial charge in [0.05, 0.1) is 25.2 Å². The number of nitrogens with zero attached hydrogens (tertiary/aromatic N) is 1. The molecule has 0 saturated carbocycles. The summed E-state index contributed by atoms with van der Waals surface area (Å²) in [5, 5.41) is 3.36. The highest BCUT2D eigenvalue weighted by Gasteiger charge is 2.36. The molecule has 2 aromatic carbocycles. The molecule has 2 atom stereocenters. The van der Waals surface area contributed by atoms with E-state index in [0.29, 0.717) is 24.7 Å². The Morgan fingerprint density at radius 1 is 1.00 bits per heavy atom. The third-order valence-corrected chi connectivity index (χ3v) is 5.13. The lowest BCUT2D eigenvalue weighted by atomic mass is 9.95. The number of fused-ring (bicyclic) bond motifs is 1. The third-order valence-electron chi connectivity index (χ3n) is 5.13. The first kappa shape index (κ1) is 32.7. The van der Waals surface area contributed by atoms with E-state index in [1.165, 1.54) is 18.2 Å². The van der Waals surface area contributed by atoms with Crippen LogP contribution in [0.1, 0.15) is 17.2 Å². The average Bonchev–Trinajstić information content (AvgIpc) is 2.80. The van der Waals surface area contributed by atoms with E-state index < -0.39 is 26.6 Å². The second-order valence-electron chi connectivity index (χ2n) is 8.59. The van der Waals surface area contributed by atoms with Gasteiger partial charge in [0, 0.05) is 31.7 Å². The first-order valence-corrected chi connectivity index (χ1v) is 15.2. The predicted molar refractivity (Wildman–Crippen MR) is 136 cm³/mol. The van der Waals surface area contributed by atoms with Crippen LogP contribution in [0, 0.1) is 0 Å². The molecule has 0 bridgehead atoms. The van der Waals surface area contributed by atoms with Crippen molar-refractivity contribution in [3.05, 3.63) is 59.7 Å². The summed E-state index contributed by atoms with van der Waals surface area (Å²) in [6, 6.07) is 13.9. The van der Waals surface area contributed by atoms with E-state index in [1.54, 1.807) is 6.07 Å². The van der Waals surface area contributed by atoms with E-state index in [-0.39, 0.29) is 24.5 Å². The lowest BCUT2D eigenvalue weighted by molar-refractivity contribution is -0.274. The van der Waals surface area contributed by atoms with Gasteiger partial charge in [0.1, 0.15) is 24.2 Å². The van der Waals surface area contributed by atoms with Gasteiger partial charge in [0.2, 0.25) is 0 Å². The van der Waals surface area contributed by atoms with Crippen molar-refractivity contribution in [1.29, 1.82) is 0 Å². The summed E-state index contributed by atoms with van der Waals surface area (Å²) < 4.78 is 105. The molecule has 0 unspecified atom stereocenters. The molecule has 11 nitrogen and oxygen atoms in total. The summed E-state index contributed by atoms with van der Waals surface area (Å²) in [5.74, 6) is 0.610. The highest BCUT2D eigenvalue weighted by Crippen LogP contribution is 2.38. The maximum Gasteiger partial charge on any atom is 0.573 e.